The maximum atomic E-state index is 13.2. The number of carbonyl (C=O) groups excluding carboxylic acids is 1. The van der Waals surface area contributed by atoms with Gasteiger partial charge in [-0.3, -0.25) is 0 Å². The van der Waals surface area contributed by atoms with Gasteiger partial charge in [0.05, 0.1) is 7.11 Å². The fourth-order valence-electron chi connectivity index (χ4n) is 2.53. The zero-order chi connectivity index (χ0) is 18.5. The smallest absolute Gasteiger partial charge is 0.341 e. The minimum Gasteiger partial charge on any atom is -0.488 e. The Kier molecular flexibility index (Phi) is 5.68. The van der Waals surface area contributed by atoms with Crippen LogP contribution in [0.15, 0.2) is 71.2 Å². The number of rotatable bonds is 5. The molecule has 0 atom stereocenters. The second-order valence-electron chi connectivity index (χ2n) is 5.60. The van der Waals surface area contributed by atoms with Gasteiger partial charge in [-0.25, -0.2) is 9.18 Å². The standard InChI is InChI=1S/C21H16BrFO3/c1-25-21(24)18-11-19(22)17(15-7-9-16(23)10-8-15)12-20(18)26-13-14-5-3-2-4-6-14/h2-12H,13H2,1H3. The van der Waals surface area contributed by atoms with E-state index in [1.165, 1.54) is 19.2 Å². The van der Waals surface area contributed by atoms with E-state index in [-0.39, 0.29) is 5.82 Å². The van der Waals surface area contributed by atoms with Gasteiger partial charge in [-0.15, -0.1) is 0 Å². The maximum absolute atomic E-state index is 13.2. The average molecular weight is 415 g/mol. The van der Waals surface area contributed by atoms with Crippen molar-refractivity contribution >= 4 is 21.9 Å². The molecular formula is C21H16BrFO3. The van der Waals surface area contributed by atoms with Gasteiger partial charge >= 0.3 is 5.97 Å². The van der Waals surface area contributed by atoms with Crippen molar-refractivity contribution < 1.29 is 18.7 Å². The van der Waals surface area contributed by atoms with Crippen LogP contribution in [0, 0.1) is 5.82 Å². The number of hydrogen-bond acceptors (Lipinski definition) is 3. The van der Waals surface area contributed by atoms with E-state index < -0.39 is 5.97 Å². The molecule has 0 saturated heterocycles. The molecule has 0 aliphatic carbocycles. The summed E-state index contributed by atoms with van der Waals surface area (Å²) in [6.07, 6.45) is 0. The van der Waals surface area contributed by atoms with Crippen LogP contribution in [0.5, 0.6) is 5.75 Å². The van der Waals surface area contributed by atoms with Gasteiger partial charge in [0.25, 0.3) is 0 Å². The molecule has 0 saturated carbocycles. The van der Waals surface area contributed by atoms with Crippen molar-refractivity contribution in [1.29, 1.82) is 0 Å². The third-order valence-electron chi connectivity index (χ3n) is 3.87. The lowest BCUT2D eigenvalue weighted by Gasteiger charge is -2.14. The molecule has 0 fully saturated rings. The Hall–Kier alpha value is -2.66. The first kappa shape index (κ1) is 18.1. The van der Waals surface area contributed by atoms with Crippen LogP contribution in [0.4, 0.5) is 4.39 Å². The number of methoxy groups -OCH3 is 1. The summed E-state index contributed by atoms with van der Waals surface area (Å²) >= 11 is 3.47. The molecule has 0 aliphatic rings. The zero-order valence-corrected chi connectivity index (χ0v) is 15.6. The summed E-state index contributed by atoms with van der Waals surface area (Å²) in [6.45, 7) is 0.315. The van der Waals surface area contributed by atoms with E-state index in [0.717, 1.165) is 16.7 Å². The van der Waals surface area contributed by atoms with Crippen LogP contribution in [-0.4, -0.2) is 13.1 Å². The van der Waals surface area contributed by atoms with Gasteiger partial charge in [-0.1, -0.05) is 58.4 Å². The highest BCUT2D eigenvalue weighted by atomic mass is 79.9. The number of ether oxygens (including phenoxy) is 2. The summed E-state index contributed by atoms with van der Waals surface area (Å²) in [5.41, 5.74) is 2.90. The summed E-state index contributed by atoms with van der Waals surface area (Å²) < 4.78 is 24.6. The Balaban J connectivity index is 1.99. The molecule has 0 unspecified atom stereocenters. The predicted octanol–water partition coefficient (Wildman–Crippen LogP) is 5.62. The molecule has 0 N–H and O–H groups in total. The van der Waals surface area contributed by atoms with Gasteiger partial charge < -0.3 is 9.47 Å². The fourth-order valence-corrected chi connectivity index (χ4v) is 3.10. The van der Waals surface area contributed by atoms with Crippen molar-refractivity contribution in [2.75, 3.05) is 7.11 Å². The van der Waals surface area contributed by atoms with Crippen LogP contribution >= 0.6 is 15.9 Å². The molecule has 0 aromatic heterocycles. The summed E-state index contributed by atoms with van der Waals surface area (Å²) in [5, 5.41) is 0. The second kappa shape index (κ2) is 8.15. The molecule has 3 rings (SSSR count). The SMILES string of the molecule is COC(=O)c1cc(Br)c(-c2ccc(F)cc2)cc1OCc1ccccc1. The average Bonchev–Trinajstić information content (AvgIpc) is 2.67. The molecule has 5 heteroatoms. The van der Waals surface area contributed by atoms with E-state index in [2.05, 4.69) is 15.9 Å². The Bertz CT molecular complexity index is 909. The van der Waals surface area contributed by atoms with Crippen LogP contribution < -0.4 is 4.74 Å². The number of esters is 1. The minimum absolute atomic E-state index is 0.309. The van der Waals surface area contributed by atoms with Crippen LogP contribution in [0.25, 0.3) is 11.1 Å². The predicted molar refractivity (Wildman–Crippen MR) is 102 cm³/mol. The van der Waals surface area contributed by atoms with Crippen molar-refractivity contribution in [2.45, 2.75) is 6.61 Å². The normalized spacial score (nSPS) is 10.4. The molecule has 0 amide bonds. The van der Waals surface area contributed by atoms with Gasteiger partial charge in [0.15, 0.2) is 0 Å². The number of hydrogen-bond donors (Lipinski definition) is 0. The third kappa shape index (κ3) is 4.11. The topological polar surface area (TPSA) is 35.5 Å². The second-order valence-corrected chi connectivity index (χ2v) is 6.46. The van der Waals surface area contributed by atoms with Crippen LogP contribution in [0.2, 0.25) is 0 Å². The van der Waals surface area contributed by atoms with E-state index in [9.17, 15) is 9.18 Å². The minimum atomic E-state index is -0.487. The maximum Gasteiger partial charge on any atom is 0.341 e. The van der Waals surface area contributed by atoms with E-state index in [4.69, 9.17) is 9.47 Å². The van der Waals surface area contributed by atoms with Crippen molar-refractivity contribution in [3.63, 3.8) is 0 Å². The third-order valence-corrected chi connectivity index (χ3v) is 4.52. The number of carbonyl (C=O) groups is 1. The van der Waals surface area contributed by atoms with E-state index >= 15 is 0 Å². The van der Waals surface area contributed by atoms with Crippen LogP contribution in [0.3, 0.4) is 0 Å². The van der Waals surface area contributed by atoms with E-state index in [1.54, 1.807) is 24.3 Å². The zero-order valence-electron chi connectivity index (χ0n) is 14.0. The summed E-state index contributed by atoms with van der Waals surface area (Å²) in [7, 11) is 1.32. The van der Waals surface area contributed by atoms with Crippen molar-refractivity contribution in [3.8, 4) is 16.9 Å². The Labute approximate surface area is 159 Å². The Morgan fingerprint density at radius 1 is 1.04 bits per heavy atom. The summed E-state index contributed by atoms with van der Waals surface area (Å²) in [6, 6.07) is 19.2. The molecule has 132 valence electrons. The van der Waals surface area contributed by atoms with E-state index in [1.807, 2.05) is 30.3 Å². The molecular weight excluding hydrogens is 399 g/mol. The van der Waals surface area contributed by atoms with Gasteiger partial charge in [0.2, 0.25) is 0 Å². The first-order valence-corrected chi connectivity index (χ1v) is 8.72. The van der Waals surface area contributed by atoms with Gasteiger partial charge in [-0.05, 0) is 41.0 Å². The summed E-state index contributed by atoms with van der Waals surface area (Å²) in [5.74, 6) is -0.390. The van der Waals surface area contributed by atoms with Crippen molar-refractivity contribution in [2.24, 2.45) is 0 Å². The highest BCUT2D eigenvalue weighted by Gasteiger charge is 2.18. The molecule has 0 radical (unpaired) electrons. The molecule has 3 aromatic carbocycles. The first-order valence-electron chi connectivity index (χ1n) is 7.93. The highest BCUT2D eigenvalue weighted by Crippen LogP contribution is 2.35. The molecule has 26 heavy (non-hydrogen) atoms. The largest absolute Gasteiger partial charge is 0.488 e. The Morgan fingerprint density at radius 2 is 1.73 bits per heavy atom. The molecule has 0 bridgehead atoms. The van der Waals surface area contributed by atoms with Crippen molar-refractivity contribution in [1.82, 2.24) is 0 Å². The Morgan fingerprint density at radius 3 is 2.38 bits per heavy atom. The van der Waals surface area contributed by atoms with Gasteiger partial charge in [0, 0.05) is 4.47 Å². The first-order chi connectivity index (χ1) is 12.6. The van der Waals surface area contributed by atoms with Gasteiger partial charge in [-0.2, -0.15) is 0 Å². The molecule has 0 aliphatic heterocycles. The van der Waals surface area contributed by atoms with Crippen LogP contribution in [0.1, 0.15) is 15.9 Å². The number of halogens is 2. The van der Waals surface area contributed by atoms with Gasteiger partial charge in [0.1, 0.15) is 23.7 Å². The van der Waals surface area contributed by atoms with E-state index in [0.29, 0.717) is 22.4 Å². The quantitative estimate of drug-likeness (QED) is 0.508. The van der Waals surface area contributed by atoms with Crippen LogP contribution in [-0.2, 0) is 11.3 Å². The number of benzene rings is 3. The fraction of sp³-hybridized carbons (Fsp3) is 0.0952. The lowest BCUT2D eigenvalue weighted by atomic mass is 10.0. The highest BCUT2D eigenvalue weighted by molar-refractivity contribution is 9.10. The van der Waals surface area contributed by atoms with Crippen molar-refractivity contribution in [3.05, 3.63) is 88.1 Å². The molecule has 0 spiro atoms. The molecule has 0 heterocycles. The monoisotopic (exact) mass is 414 g/mol. The summed E-state index contributed by atoms with van der Waals surface area (Å²) in [4.78, 5) is 12.1. The molecule has 3 aromatic rings. The lowest BCUT2D eigenvalue weighted by molar-refractivity contribution is 0.0595. The lowest BCUT2D eigenvalue weighted by Crippen LogP contribution is -2.06. The molecule has 3 nitrogen and oxygen atoms in total.